The summed E-state index contributed by atoms with van der Waals surface area (Å²) in [5.74, 6) is -0.312. The van der Waals surface area contributed by atoms with Crippen molar-refractivity contribution in [1.82, 2.24) is 5.32 Å². The van der Waals surface area contributed by atoms with Crippen LogP contribution in [-0.4, -0.2) is 29.6 Å². The number of amides is 1. The van der Waals surface area contributed by atoms with Crippen LogP contribution in [0.15, 0.2) is 0 Å². The molecule has 1 amide bonds. The van der Waals surface area contributed by atoms with Crippen LogP contribution < -0.4 is 5.32 Å². The average Bonchev–Trinajstić information content (AvgIpc) is 1.97. The minimum Gasteiger partial charge on any atom is -0.355 e. The van der Waals surface area contributed by atoms with Crippen LogP contribution in [0.1, 0.15) is 6.42 Å². The van der Waals surface area contributed by atoms with Crippen LogP contribution >= 0.6 is 23.4 Å². The van der Waals surface area contributed by atoms with E-state index >= 15 is 0 Å². The number of alkyl halides is 4. The molecular formula is C6H9ClF3NOS. The third-order valence-electron chi connectivity index (χ3n) is 1.01. The number of hydrogen-bond acceptors (Lipinski definition) is 2. The van der Waals surface area contributed by atoms with Crippen molar-refractivity contribution in [1.29, 1.82) is 0 Å². The Kier molecular flexibility index (Phi) is 6.32. The van der Waals surface area contributed by atoms with Crippen molar-refractivity contribution < 1.29 is 18.0 Å². The number of rotatable bonds is 5. The predicted molar refractivity (Wildman–Crippen MR) is 46.9 cm³/mol. The Balaban J connectivity index is 3.31. The second-order valence-electron chi connectivity index (χ2n) is 2.08. The maximum Gasteiger partial charge on any atom is 0.441 e. The summed E-state index contributed by atoms with van der Waals surface area (Å²) in [6.07, 6.45) is 0.137. The lowest BCUT2D eigenvalue weighted by atomic mass is 10.4. The standard InChI is InChI=1S/C6H9ClF3NOS/c7-2-1-5(12)11-3-4-13-6(8,9)10/h1-4H2,(H,11,12). The van der Waals surface area contributed by atoms with Gasteiger partial charge >= 0.3 is 5.51 Å². The molecule has 0 aliphatic rings. The van der Waals surface area contributed by atoms with E-state index in [-0.39, 0.29) is 42.3 Å². The molecule has 0 unspecified atom stereocenters. The molecular weight excluding hydrogens is 227 g/mol. The summed E-state index contributed by atoms with van der Waals surface area (Å²) >= 11 is 5.08. The summed E-state index contributed by atoms with van der Waals surface area (Å²) in [5.41, 5.74) is -4.22. The Morgan fingerprint density at radius 1 is 1.46 bits per heavy atom. The maximum atomic E-state index is 11.6. The van der Waals surface area contributed by atoms with E-state index in [2.05, 4.69) is 5.32 Å². The van der Waals surface area contributed by atoms with Crippen LogP contribution in [0, 0.1) is 0 Å². The van der Waals surface area contributed by atoms with Gasteiger partial charge in [-0.05, 0) is 11.8 Å². The molecule has 7 heteroatoms. The Hall–Kier alpha value is -0.100. The number of thioether (sulfide) groups is 1. The van der Waals surface area contributed by atoms with Crippen molar-refractivity contribution in [2.24, 2.45) is 0 Å². The van der Waals surface area contributed by atoms with Gasteiger partial charge in [-0.25, -0.2) is 0 Å². The molecule has 0 spiro atoms. The molecule has 0 saturated carbocycles. The van der Waals surface area contributed by atoms with E-state index in [0.717, 1.165) is 0 Å². The molecule has 0 aromatic carbocycles. The van der Waals surface area contributed by atoms with Crippen molar-refractivity contribution in [3.8, 4) is 0 Å². The van der Waals surface area contributed by atoms with Crippen LogP contribution in [0.4, 0.5) is 13.2 Å². The van der Waals surface area contributed by atoms with Gasteiger partial charge in [-0.15, -0.1) is 11.6 Å². The lowest BCUT2D eigenvalue weighted by molar-refractivity contribution is -0.120. The normalized spacial score (nSPS) is 11.4. The molecule has 1 N–H and O–H groups in total. The third kappa shape index (κ3) is 9.82. The second-order valence-corrected chi connectivity index (χ2v) is 3.62. The van der Waals surface area contributed by atoms with Crippen LogP contribution in [0.3, 0.4) is 0 Å². The molecule has 0 aromatic rings. The molecule has 78 valence electrons. The van der Waals surface area contributed by atoms with E-state index in [1.165, 1.54) is 0 Å². The highest BCUT2D eigenvalue weighted by Crippen LogP contribution is 2.29. The molecule has 0 heterocycles. The molecule has 0 bridgehead atoms. The summed E-state index contributed by atoms with van der Waals surface area (Å²) in [6, 6.07) is 0. The van der Waals surface area contributed by atoms with E-state index < -0.39 is 5.51 Å². The zero-order chi connectivity index (χ0) is 10.3. The number of nitrogens with one attached hydrogen (secondary N) is 1. The van der Waals surface area contributed by atoms with Gasteiger partial charge in [0.25, 0.3) is 0 Å². The summed E-state index contributed by atoms with van der Waals surface area (Å²) in [4.78, 5) is 10.7. The van der Waals surface area contributed by atoms with Gasteiger partial charge in [0.05, 0.1) is 0 Å². The number of carbonyl (C=O) groups is 1. The highest BCUT2D eigenvalue weighted by Gasteiger charge is 2.27. The van der Waals surface area contributed by atoms with E-state index in [1.807, 2.05) is 0 Å². The van der Waals surface area contributed by atoms with E-state index in [1.54, 1.807) is 0 Å². The minimum atomic E-state index is -4.22. The van der Waals surface area contributed by atoms with Crippen molar-refractivity contribution in [3.63, 3.8) is 0 Å². The van der Waals surface area contributed by atoms with Crippen LogP contribution in [0.2, 0.25) is 0 Å². The van der Waals surface area contributed by atoms with Gasteiger partial charge < -0.3 is 5.32 Å². The largest absolute Gasteiger partial charge is 0.441 e. The average molecular weight is 236 g/mol. The van der Waals surface area contributed by atoms with E-state index in [9.17, 15) is 18.0 Å². The van der Waals surface area contributed by atoms with Gasteiger partial charge in [-0.3, -0.25) is 4.79 Å². The Labute approximate surface area is 83.2 Å². The molecule has 2 nitrogen and oxygen atoms in total. The van der Waals surface area contributed by atoms with E-state index in [0.29, 0.717) is 0 Å². The smallest absolute Gasteiger partial charge is 0.355 e. The van der Waals surface area contributed by atoms with Gasteiger partial charge in [0.15, 0.2) is 0 Å². The first-order valence-electron chi connectivity index (χ1n) is 3.49. The summed E-state index contributed by atoms with van der Waals surface area (Å²) < 4.78 is 34.7. The Morgan fingerprint density at radius 3 is 2.54 bits per heavy atom. The molecule has 0 atom stereocenters. The zero-order valence-corrected chi connectivity index (χ0v) is 8.23. The molecule has 0 aromatic heterocycles. The molecule has 0 aliphatic heterocycles. The first-order valence-corrected chi connectivity index (χ1v) is 5.01. The summed E-state index contributed by atoms with van der Waals surface area (Å²) in [6.45, 7) is 0.0138. The monoisotopic (exact) mass is 235 g/mol. The van der Waals surface area contributed by atoms with E-state index in [4.69, 9.17) is 11.6 Å². The summed E-state index contributed by atoms with van der Waals surface area (Å²) in [7, 11) is 0. The fraction of sp³-hybridized carbons (Fsp3) is 0.833. The fourth-order valence-corrected chi connectivity index (χ4v) is 1.14. The highest BCUT2D eigenvalue weighted by atomic mass is 35.5. The maximum absolute atomic E-state index is 11.6. The molecule has 13 heavy (non-hydrogen) atoms. The molecule has 0 rings (SSSR count). The lowest BCUT2D eigenvalue weighted by Gasteiger charge is -2.06. The van der Waals surface area contributed by atoms with Crippen molar-refractivity contribution in [2.45, 2.75) is 11.9 Å². The molecule has 0 saturated heterocycles. The Bertz CT molecular complexity index is 164. The van der Waals surface area contributed by atoms with Gasteiger partial charge in [0.1, 0.15) is 0 Å². The number of carbonyl (C=O) groups excluding carboxylic acids is 1. The fourth-order valence-electron chi connectivity index (χ4n) is 0.531. The molecule has 0 fully saturated rings. The van der Waals surface area contributed by atoms with Crippen molar-refractivity contribution >= 4 is 29.3 Å². The topological polar surface area (TPSA) is 29.1 Å². The highest BCUT2D eigenvalue weighted by molar-refractivity contribution is 8.00. The number of hydrogen-bond donors (Lipinski definition) is 1. The third-order valence-corrected chi connectivity index (χ3v) is 1.94. The van der Waals surface area contributed by atoms with Crippen LogP contribution in [0.25, 0.3) is 0 Å². The lowest BCUT2D eigenvalue weighted by Crippen LogP contribution is -2.26. The van der Waals surface area contributed by atoms with Crippen molar-refractivity contribution in [2.75, 3.05) is 18.2 Å². The van der Waals surface area contributed by atoms with Crippen LogP contribution in [0.5, 0.6) is 0 Å². The van der Waals surface area contributed by atoms with Gasteiger partial charge in [-0.2, -0.15) is 13.2 Å². The minimum absolute atomic E-state index is 0.0138. The van der Waals surface area contributed by atoms with Gasteiger partial charge in [-0.1, -0.05) is 0 Å². The van der Waals surface area contributed by atoms with Gasteiger partial charge in [0, 0.05) is 24.6 Å². The molecule has 0 aliphatic carbocycles. The zero-order valence-electron chi connectivity index (χ0n) is 6.66. The molecule has 0 radical (unpaired) electrons. The SMILES string of the molecule is O=C(CCCl)NCCSC(F)(F)F. The quantitative estimate of drug-likeness (QED) is 0.583. The number of halogens is 4. The Morgan fingerprint density at radius 2 is 2.08 bits per heavy atom. The van der Waals surface area contributed by atoms with Crippen LogP contribution in [-0.2, 0) is 4.79 Å². The van der Waals surface area contributed by atoms with Gasteiger partial charge in [0.2, 0.25) is 5.91 Å². The van der Waals surface area contributed by atoms with Crippen molar-refractivity contribution in [3.05, 3.63) is 0 Å². The summed E-state index contributed by atoms with van der Waals surface area (Å²) in [5, 5.41) is 2.31. The second kappa shape index (κ2) is 6.37. The first kappa shape index (κ1) is 12.9. The first-order chi connectivity index (χ1) is 5.95. The predicted octanol–water partition coefficient (Wildman–Crippen LogP) is 1.98.